The summed E-state index contributed by atoms with van der Waals surface area (Å²) in [5, 5.41) is 20.0. The first-order chi connectivity index (χ1) is 9.56. The Bertz CT molecular complexity index is 452. The Hall–Kier alpha value is -0.910. The van der Waals surface area contributed by atoms with Gasteiger partial charge in [0.25, 0.3) is 0 Å². The van der Waals surface area contributed by atoms with E-state index in [0.29, 0.717) is 19.0 Å². The molecular weight excluding hydrogens is 254 g/mol. The van der Waals surface area contributed by atoms with E-state index >= 15 is 0 Å². The highest BCUT2D eigenvalue weighted by atomic mass is 16.3. The molecule has 0 bridgehead atoms. The largest absolute Gasteiger partial charge is 0.389 e. The molecule has 2 N–H and O–H groups in total. The van der Waals surface area contributed by atoms with E-state index in [9.17, 15) is 10.2 Å². The number of likely N-dealkylation sites (tertiary alicyclic amines) is 1. The van der Waals surface area contributed by atoms with Crippen molar-refractivity contribution in [1.29, 1.82) is 0 Å². The monoisotopic (exact) mass is 279 g/mol. The van der Waals surface area contributed by atoms with E-state index in [4.69, 9.17) is 0 Å². The molecular formula is C15H25N3O2. The highest BCUT2D eigenvalue weighted by molar-refractivity contribution is 5.03. The number of aliphatic hydroxyl groups is 2. The van der Waals surface area contributed by atoms with Gasteiger partial charge in [-0.2, -0.15) is 0 Å². The van der Waals surface area contributed by atoms with Gasteiger partial charge >= 0.3 is 0 Å². The Morgan fingerprint density at radius 3 is 2.85 bits per heavy atom. The molecule has 0 aromatic carbocycles. The van der Waals surface area contributed by atoms with Crippen molar-refractivity contribution in [2.75, 3.05) is 13.1 Å². The van der Waals surface area contributed by atoms with E-state index in [0.717, 1.165) is 13.1 Å². The Labute approximate surface area is 120 Å². The predicted octanol–water partition coefficient (Wildman–Crippen LogP) is 1.32. The molecule has 2 fully saturated rings. The van der Waals surface area contributed by atoms with E-state index in [2.05, 4.69) is 14.5 Å². The topological polar surface area (TPSA) is 61.5 Å². The summed E-state index contributed by atoms with van der Waals surface area (Å²) in [5.74, 6) is 0. The molecule has 1 aromatic heterocycles. The van der Waals surface area contributed by atoms with Crippen molar-refractivity contribution in [3.05, 3.63) is 18.2 Å². The minimum absolute atomic E-state index is 0.531. The fraction of sp³-hybridized carbons (Fsp3) is 0.800. The van der Waals surface area contributed by atoms with Crippen molar-refractivity contribution in [1.82, 2.24) is 14.5 Å². The van der Waals surface area contributed by atoms with Crippen LogP contribution in [0.5, 0.6) is 0 Å². The summed E-state index contributed by atoms with van der Waals surface area (Å²) in [6.45, 7) is 3.88. The second kappa shape index (κ2) is 5.47. The smallest absolute Gasteiger partial charge is 0.0951 e. The van der Waals surface area contributed by atoms with Crippen LogP contribution in [0.2, 0.25) is 0 Å². The van der Waals surface area contributed by atoms with Crippen LogP contribution in [0.1, 0.15) is 50.8 Å². The van der Waals surface area contributed by atoms with E-state index in [-0.39, 0.29) is 0 Å². The summed E-state index contributed by atoms with van der Waals surface area (Å²) >= 11 is 0. The molecule has 5 heteroatoms. The third kappa shape index (κ3) is 2.75. The summed E-state index contributed by atoms with van der Waals surface area (Å²) in [7, 11) is 0. The van der Waals surface area contributed by atoms with Gasteiger partial charge in [0.1, 0.15) is 0 Å². The molecule has 5 nitrogen and oxygen atoms in total. The molecule has 2 atom stereocenters. The van der Waals surface area contributed by atoms with Gasteiger partial charge in [0.15, 0.2) is 0 Å². The van der Waals surface area contributed by atoms with Crippen LogP contribution in [0, 0.1) is 0 Å². The first kappa shape index (κ1) is 14.0. The van der Waals surface area contributed by atoms with E-state index in [1.54, 1.807) is 6.92 Å². The molecule has 1 saturated carbocycles. The van der Waals surface area contributed by atoms with Crippen molar-refractivity contribution in [2.45, 2.75) is 63.3 Å². The maximum Gasteiger partial charge on any atom is 0.0951 e. The van der Waals surface area contributed by atoms with Gasteiger partial charge < -0.3 is 14.8 Å². The molecule has 1 aromatic rings. The lowest BCUT2D eigenvalue weighted by atomic mass is 9.91. The number of β-amino-alcohol motifs (C(OH)–C–C–N with tert-alkyl or cyclic N) is 1. The van der Waals surface area contributed by atoms with Gasteiger partial charge in [-0.05, 0) is 26.2 Å². The molecule has 0 radical (unpaired) electrons. The minimum Gasteiger partial charge on any atom is -0.389 e. The maximum atomic E-state index is 10.0. The van der Waals surface area contributed by atoms with Crippen LogP contribution in [-0.4, -0.2) is 49.5 Å². The molecule has 20 heavy (non-hydrogen) atoms. The van der Waals surface area contributed by atoms with Crippen LogP contribution < -0.4 is 0 Å². The summed E-state index contributed by atoms with van der Waals surface area (Å²) < 4.78 is 2.31. The number of aromatic nitrogens is 2. The number of rotatable bonds is 3. The van der Waals surface area contributed by atoms with Crippen LogP contribution >= 0.6 is 0 Å². The van der Waals surface area contributed by atoms with Gasteiger partial charge in [0.2, 0.25) is 0 Å². The second-order valence-corrected chi connectivity index (χ2v) is 6.59. The molecule has 1 aliphatic heterocycles. The van der Waals surface area contributed by atoms with Gasteiger partial charge in [-0.15, -0.1) is 0 Å². The summed E-state index contributed by atoms with van der Waals surface area (Å²) in [4.78, 5) is 6.52. The van der Waals surface area contributed by atoms with Gasteiger partial charge in [-0.1, -0.05) is 12.8 Å². The zero-order valence-electron chi connectivity index (χ0n) is 12.2. The van der Waals surface area contributed by atoms with Crippen molar-refractivity contribution in [2.24, 2.45) is 0 Å². The molecule has 0 spiro atoms. The number of aliphatic hydroxyl groups excluding tert-OH is 1. The molecule has 2 aliphatic rings. The number of piperidine rings is 1. The highest BCUT2D eigenvalue weighted by Gasteiger charge is 2.36. The molecule has 1 saturated heterocycles. The Morgan fingerprint density at radius 2 is 2.15 bits per heavy atom. The van der Waals surface area contributed by atoms with Crippen LogP contribution in [0.4, 0.5) is 0 Å². The SMILES string of the molecule is C[C@]1(O)CCN(Cc2cncn2C2CCCC2)C[C@@H]1O. The standard InChI is InChI=1S/C15H25N3O2/c1-15(20)6-7-17(10-14(15)19)9-13-8-16-11-18(13)12-4-2-3-5-12/h8,11-12,14,19-20H,2-7,9-10H2,1H3/t14-,15-/m0/s1. The van der Waals surface area contributed by atoms with Crippen molar-refractivity contribution >= 4 is 0 Å². The number of nitrogens with zero attached hydrogens (tertiary/aromatic N) is 3. The van der Waals surface area contributed by atoms with Crippen LogP contribution in [0.25, 0.3) is 0 Å². The van der Waals surface area contributed by atoms with Crippen molar-refractivity contribution in [3.8, 4) is 0 Å². The summed E-state index contributed by atoms with van der Waals surface area (Å²) in [6.07, 6.45) is 8.97. The lowest BCUT2D eigenvalue weighted by Gasteiger charge is -2.40. The lowest BCUT2D eigenvalue weighted by Crippen LogP contribution is -2.53. The average Bonchev–Trinajstić information content (AvgIpc) is 3.04. The number of hydrogen-bond donors (Lipinski definition) is 2. The second-order valence-electron chi connectivity index (χ2n) is 6.59. The third-order valence-corrected chi connectivity index (χ3v) is 4.93. The summed E-state index contributed by atoms with van der Waals surface area (Å²) in [6, 6.07) is 0.602. The van der Waals surface area contributed by atoms with Crippen LogP contribution in [0.3, 0.4) is 0 Å². The van der Waals surface area contributed by atoms with Crippen LogP contribution in [0.15, 0.2) is 12.5 Å². The lowest BCUT2D eigenvalue weighted by molar-refractivity contribution is -0.108. The molecule has 0 amide bonds. The first-order valence-electron chi connectivity index (χ1n) is 7.70. The zero-order valence-corrected chi connectivity index (χ0v) is 12.2. The summed E-state index contributed by atoms with van der Waals surface area (Å²) in [5.41, 5.74) is 0.285. The minimum atomic E-state index is -0.942. The quantitative estimate of drug-likeness (QED) is 0.876. The van der Waals surface area contributed by atoms with Crippen LogP contribution in [-0.2, 0) is 6.54 Å². The number of imidazole rings is 1. The Balaban J connectivity index is 1.65. The average molecular weight is 279 g/mol. The molecule has 0 unspecified atom stereocenters. The van der Waals surface area contributed by atoms with Crippen molar-refractivity contribution in [3.63, 3.8) is 0 Å². The van der Waals surface area contributed by atoms with Gasteiger partial charge in [-0.3, -0.25) is 4.90 Å². The molecule has 112 valence electrons. The van der Waals surface area contributed by atoms with Gasteiger partial charge in [-0.25, -0.2) is 4.98 Å². The van der Waals surface area contributed by atoms with Gasteiger partial charge in [0, 0.05) is 31.9 Å². The Morgan fingerprint density at radius 1 is 1.40 bits per heavy atom. The van der Waals surface area contributed by atoms with E-state index < -0.39 is 11.7 Å². The molecule has 2 heterocycles. The van der Waals surface area contributed by atoms with E-state index in [1.165, 1.54) is 31.4 Å². The zero-order chi connectivity index (χ0) is 14.2. The normalized spacial score (nSPS) is 32.9. The van der Waals surface area contributed by atoms with E-state index in [1.807, 2.05) is 12.5 Å². The molecule has 1 aliphatic carbocycles. The van der Waals surface area contributed by atoms with Crippen molar-refractivity contribution < 1.29 is 10.2 Å². The Kier molecular flexibility index (Phi) is 3.84. The predicted molar refractivity (Wildman–Crippen MR) is 76.3 cm³/mol. The third-order valence-electron chi connectivity index (χ3n) is 4.93. The van der Waals surface area contributed by atoms with Gasteiger partial charge in [0.05, 0.1) is 23.7 Å². The maximum absolute atomic E-state index is 10.0. The number of hydrogen-bond acceptors (Lipinski definition) is 4. The fourth-order valence-electron chi connectivity index (χ4n) is 3.42. The first-order valence-corrected chi connectivity index (χ1v) is 7.70. The molecule has 3 rings (SSSR count). The highest BCUT2D eigenvalue weighted by Crippen LogP contribution is 2.31. The fourth-order valence-corrected chi connectivity index (χ4v) is 3.42.